The van der Waals surface area contributed by atoms with Crippen LogP contribution in [-0.4, -0.2) is 27.7 Å². The largest absolute Gasteiger partial charge is 0.394 e. The van der Waals surface area contributed by atoms with E-state index in [9.17, 15) is 4.39 Å². The van der Waals surface area contributed by atoms with Crippen molar-refractivity contribution < 1.29 is 9.50 Å². The Morgan fingerprint density at radius 1 is 1.00 bits per heavy atom. The van der Waals surface area contributed by atoms with Crippen LogP contribution in [0.3, 0.4) is 0 Å². The van der Waals surface area contributed by atoms with Crippen LogP contribution in [-0.2, 0) is 0 Å². The predicted octanol–water partition coefficient (Wildman–Crippen LogP) is 3.74. The van der Waals surface area contributed by atoms with Crippen molar-refractivity contribution >= 4 is 5.82 Å². The number of benzene rings is 2. The first-order chi connectivity index (χ1) is 11.7. The summed E-state index contributed by atoms with van der Waals surface area (Å²) in [5, 5.41) is 12.0. The zero-order valence-electron chi connectivity index (χ0n) is 13.3. The summed E-state index contributed by atoms with van der Waals surface area (Å²) in [5.41, 5.74) is 2.23. The van der Waals surface area contributed by atoms with Crippen molar-refractivity contribution in [3.8, 4) is 22.4 Å². The third-order valence-corrected chi connectivity index (χ3v) is 3.68. The Kier molecular flexibility index (Phi) is 4.82. The number of nitrogens with zero attached hydrogens (tertiary/aromatic N) is 2. The molecule has 0 saturated heterocycles. The predicted molar refractivity (Wildman–Crippen MR) is 93.0 cm³/mol. The molecule has 0 saturated carbocycles. The number of rotatable bonds is 5. The molecule has 0 unspecified atom stereocenters. The van der Waals surface area contributed by atoms with E-state index in [2.05, 4.69) is 15.3 Å². The van der Waals surface area contributed by atoms with Gasteiger partial charge in [-0.2, -0.15) is 0 Å². The Bertz CT molecular complexity index is 807. The highest BCUT2D eigenvalue weighted by Crippen LogP contribution is 2.29. The van der Waals surface area contributed by atoms with E-state index in [4.69, 9.17) is 5.11 Å². The number of aromatic nitrogens is 2. The lowest BCUT2D eigenvalue weighted by Gasteiger charge is -2.12. The van der Waals surface area contributed by atoms with Gasteiger partial charge in [-0.25, -0.2) is 9.37 Å². The highest BCUT2D eigenvalue weighted by molar-refractivity contribution is 5.72. The molecule has 2 aromatic carbocycles. The second-order valence-electron chi connectivity index (χ2n) is 5.55. The van der Waals surface area contributed by atoms with Gasteiger partial charge in [0, 0.05) is 17.2 Å². The van der Waals surface area contributed by atoms with Crippen LogP contribution in [0.1, 0.15) is 6.92 Å². The molecule has 3 rings (SSSR count). The number of hydrogen-bond donors (Lipinski definition) is 2. The van der Waals surface area contributed by atoms with Gasteiger partial charge in [-0.15, -0.1) is 0 Å². The van der Waals surface area contributed by atoms with E-state index in [-0.39, 0.29) is 18.5 Å². The van der Waals surface area contributed by atoms with Gasteiger partial charge >= 0.3 is 0 Å². The van der Waals surface area contributed by atoms with Crippen LogP contribution in [0.2, 0.25) is 0 Å². The molecule has 0 radical (unpaired) electrons. The van der Waals surface area contributed by atoms with E-state index in [0.29, 0.717) is 22.6 Å². The van der Waals surface area contributed by atoms with Crippen LogP contribution in [0.15, 0.2) is 60.9 Å². The van der Waals surface area contributed by atoms with Gasteiger partial charge in [0.05, 0.1) is 24.7 Å². The van der Waals surface area contributed by atoms with Crippen LogP contribution < -0.4 is 5.32 Å². The lowest BCUT2D eigenvalue weighted by atomic mass is 10.0. The number of halogens is 1. The van der Waals surface area contributed by atoms with Gasteiger partial charge in [0.2, 0.25) is 0 Å². The molecule has 0 amide bonds. The molecule has 1 heterocycles. The second kappa shape index (κ2) is 7.19. The fourth-order valence-corrected chi connectivity index (χ4v) is 2.41. The molecule has 2 N–H and O–H groups in total. The van der Waals surface area contributed by atoms with E-state index in [1.807, 2.05) is 43.3 Å². The maximum Gasteiger partial charge on any atom is 0.144 e. The highest BCUT2D eigenvalue weighted by Gasteiger charge is 2.13. The van der Waals surface area contributed by atoms with Crippen molar-refractivity contribution in [2.24, 2.45) is 0 Å². The molecule has 24 heavy (non-hydrogen) atoms. The molecule has 0 bridgehead atoms. The number of anilines is 1. The van der Waals surface area contributed by atoms with Crippen molar-refractivity contribution in [1.82, 2.24) is 9.97 Å². The first-order valence-corrected chi connectivity index (χ1v) is 7.73. The summed E-state index contributed by atoms with van der Waals surface area (Å²) >= 11 is 0. The van der Waals surface area contributed by atoms with Crippen molar-refractivity contribution in [2.45, 2.75) is 13.0 Å². The normalized spacial score (nSPS) is 12.0. The summed E-state index contributed by atoms with van der Waals surface area (Å²) in [6.07, 6.45) is 3.07. The van der Waals surface area contributed by atoms with Crippen molar-refractivity contribution in [2.75, 3.05) is 11.9 Å². The summed E-state index contributed by atoms with van der Waals surface area (Å²) in [4.78, 5) is 8.52. The van der Waals surface area contributed by atoms with E-state index in [1.54, 1.807) is 12.1 Å². The quantitative estimate of drug-likeness (QED) is 0.751. The second-order valence-corrected chi connectivity index (χ2v) is 5.55. The summed E-state index contributed by atoms with van der Waals surface area (Å²) in [6.45, 7) is 1.83. The van der Waals surface area contributed by atoms with Gasteiger partial charge in [0.1, 0.15) is 11.6 Å². The molecular weight excluding hydrogens is 305 g/mol. The number of aliphatic hydroxyl groups is 1. The first-order valence-electron chi connectivity index (χ1n) is 7.73. The molecule has 122 valence electrons. The zero-order valence-corrected chi connectivity index (χ0v) is 13.3. The monoisotopic (exact) mass is 323 g/mol. The highest BCUT2D eigenvalue weighted by atomic mass is 19.1. The molecule has 0 fully saturated rings. The minimum absolute atomic E-state index is 0.00280. The van der Waals surface area contributed by atoms with E-state index < -0.39 is 0 Å². The Labute approximate surface area is 140 Å². The first kappa shape index (κ1) is 16.1. The van der Waals surface area contributed by atoms with Crippen LogP contribution in [0.25, 0.3) is 22.4 Å². The minimum Gasteiger partial charge on any atom is -0.394 e. The number of hydrogen-bond acceptors (Lipinski definition) is 4. The van der Waals surface area contributed by atoms with Crippen molar-refractivity contribution in [3.63, 3.8) is 0 Å². The van der Waals surface area contributed by atoms with E-state index in [1.165, 1.54) is 12.4 Å². The Morgan fingerprint density at radius 2 is 1.75 bits per heavy atom. The fraction of sp³-hybridized carbons (Fsp3) is 0.158. The molecule has 0 aliphatic carbocycles. The van der Waals surface area contributed by atoms with Gasteiger partial charge in [0.25, 0.3) is 0 Å². The fourth-order valence-electron chi connectivity index (χ4n) is 2.41. The molecule has 5 heteroatoms. The Balaban J connectivity index is 1.93. The van der Waals surface area contributed by atoms with Crippen LogP contribution in [0.5, 0.6) is 0 Å². The maximum atomic E-state index is 14.9. The van der Waals surface area contributed by atoms with Gasteiger partial charge in [-0.05, 0) is 18.6 Å². The zero-order chi connectivity index (χ0) is 16.9. The lowest BCUT2D eigenvalue weighted by molar-refractivity contribution is 0.281. The molecule has 0 spiro atoms. The van der Waals surface area contributed by atoms with Gasteiger partial charge in [0.15, 0.2) is 0 Å². The molecule has 0 aliphatic heterocycles. The number of nitrogens with one attached hydrogen (secondary N) is 1. The number of aliphatic hydroxyl groups excluding tert-OH is 1. The van der Waals surface area contributed by atoms with Gasteiger partial charge in [-0.3, -0.25) is 4.98 Å². The van der Waals surface area contributed by atoms with Crippen LogP contribution in [0, 0.1) is 5.82 Å². The Morgan fingerprint density at radius 3 is 2.42 bits per heavy atom. The van der Waals surface area contributed by atoms with Gasteiger partial charge < -0.3 is 10.4 Å². The smallest absolute Gasteiger partial charge is 0.144 e. The molecule has 0 aliphatic rings. The topological polar surface area (TPSA) is 58.0 Å². The average molecular weight is 323 g/mol. The SMILES string of the molecule is C[C@@H](CO)Nc1cnc(-c2cccc(-c3ccccc3)c2F)cn1. The van der Waals surface area contributed by atoms with Crippen molar-refractivity contribution in [1.29, 1.82) is 0 Å². The van der Waals surface area contributed by atoms with Crippen LogP contribution >= 0.6 is 0 Å². The third-order valence-electron chi connectivity index (χ3n) is 3.68. The van der Waals surface area contributed by atoms with Crippen molar-refractivity contribution in [3.05, 3.63) is 66.7 Å². The Hall–Kier alpha value is -2.79. The summed E-state index contributed by atoms with van der Waals surface area (Å²) in [5.74, 6) is 0.224. The maximum absolute atomic E-state index is 14.9. The van der Waals surface area contributed by atoms with E-state index in [0.717, 1.165) is 5.56 Å². The van der Waals surface area contributed by atoms with E-state index >= 15 is 0 Å². The summed E-state index contributed by atoms with van der Waals surface area (Å²) in [6, 6.07) is 14.5. The standard InChI is InChI=1S/C19H18FN3O/c1-13(12-24)23-18-11-21-17(10-22-18)16-9-5-8-15(19(16)20)14-6-3-2-4-7-14/h2-11,13,24H,12H2,1H3,(H,22,23)/t13-/m0/s1. The molecule has 4 nitrogen and oxygen atoms in total. The molecule has 1 aromatic heterocycles. The summed E-state index contributed by atoms with van der Waals surface area (Å²) < 4.78 is 14.9. The molecule has 1 atom stereocenters. The molecule has 3 aromatic rings. The minimum atomic E-state index is -0.317. The van der Waals surface area contributed by atoms with Gasteiger partial charge in [-0.1, -0.05) is 42.5 Å². The third kappa shape index (κ3) is 3.41. The molecular formula is C19H18FN3O. The lowest BCUT2D eigenvalue weighted by Crippen LogP contribution is -2.20. The average Bonchev–Trinajstić information content (AvgIpc) is 2.63. The summed E-state index contributed by atoms with van der Waals surface area (Å²) in [7, 11) is 0. The van der Waals surface area contributed by atoms with Crippen LogP contribution in [0.4, 0.5) is 10.2 Å².